The third kappa shape index (κ3) is 7.50. The maximum atomic E-state index is 5.90. The first kappa shape index (κ1) is 27.0. The Hall–Kier alpha value is -3.02. The highest BCUT2D eigenvalue weighted by Gasteiger charge is 2.19. The van der Waals surface area contributed by atoms with Gasteiger partial charge in [-0.15, -0.1) is 0 Å². The molecule has 0 spiro atoms. The van der Waals surface area contributed by atoms with E-state index in [1.165, 1.54) is 0 Å². The molecule has 10 nitrogen and oxygen atoms in total. The van der Waals surface area contributed by atoms with Crippen LogP contribution >= 0.6 is 11.3 Å². The van der Waals surface area contributed by atoms with Gasteiger partial charge in [-0.3, -0.25) is 4.90 Å². The first-order valence-electron chi connectivity index (χ1n) is 12.7. The van der Waals surface area contributed by atoms with Crippen molar-refractivity contribution in [3.05, 3.63) is 34.7 Å². The molecular formula is C26H38N8O2S. The summed E-state index contributed by atoms with van der Waals surface area (Å²) >= 11 is 1.55. The SMILES string of the molecule is C=C(/C=C/c1nc(OCCN2CCOCC2)sc1C)Nc1nc(NC(C)(C)C)c2[nH]c(C(C)C)nc2n1. The molecule has 1 aliphatic heterocycles. The van der Waals surface area contributed by atoms with Crippen LogP contribution < -0.4 is 15.4 Å². The molecule has 0 unspecified atom stereocenters. The van der Waals surface area contributed by atoms with E-state index in [2.05, 4.69) is 76.7 Å². The first-order chi connectivity index (χ1) is 17.6. The van der Waals surface area contributed by atoms with E-state index in [9.17, 15) is 0 Å². The van der Waals surface area contributed by atoms with E-state index in [-0.39, 0.29) is 11.5 Å². The monoisotopic (exact) mass is 526 g/mol. The molecule has 37 heavy (non-hydrogen) atoms. The quantitative estimate of drug-likeness (QED) is 0.321. The molecule has 0 saturated carbocycles. The summed E-state index contributed by atoms with van der Waals surface area (Å²) in [5, 5.41) is 7.33. The number of aromatic nitrogens is 5. The van der Waals surface area contributed by atoms with Gasteiger partial charge in [0.15, 0.2) is 11.5 Å². The second-order valence-electron chi connectivity index (χ2n) is 10.5. The Morgan fingerprint density at radius 3 is 2.68 bits per heavy atom. The molecule has 0 aliphatic carbocycles. The normalized spacial score (nSPS) is 15.1. The molecule has 1 fully saturated rings. The van der Waals surface area contributed by atoms with Gasteiger partial charge in [-0.25, -0.2) is 9.97 Å². The topological polar surface area (TPSA) is 113 Å². The lowest BCUT2D eigenvalue weighted by molar-refractivity contribution is 0.0322. The van der Waals surface area contributed by atoms with Crippen molar-refractivity contribution in [3.8, 4) is 5.19 Å². The van der Waals surface area contributed by atoms with Gasteiger partial charge in [0.05, 0.1) is 18.9 Å². The van der Waals surface area contributed by atoms with Crippen LogP contribution in [-0.4, -0.2) is 74.8 Å². The smallest absolute Gasteiger partial charge is 0.274 e. The van der Waals surface area contributed by atoms with Crippen molar-refractivity contribution in [1.82, 2.24) is 29.8 Å². The van der Waals surface area contributed by atoms with Gasteiger partial charge >= 0.3 is 0 Å². The van der Waals surface area contributed by atoms with Crippen LogP contribution in [0.1, 0.15) is 56.9 Å². The van der Waals surface area contributed by atoms with Gasteiger partial charge in [-0.05, 0) is 39.8 Å². The zero-order chi connectivity index (χ0) is 26.6. The molecule has 4 heterocycles. The lowest BCUT2D eigenvalue weighted by Gasteiger charge is -2.26. The number of hydrogen-bond donors (Lipinski definition) is 3. The van der Waals surface area contributed by atoms with Gasteiger partial charge in [0.1, 0.15) is 17.9 Å². The van der Waals surface area contributed by atoms with Crippen molar-refractivity contribution >= 4 is 40.3 Å². The molecular weight excluding hydrogens is 488 g/mol. The summed E-state index contributed by atoms with van der Waals surface area (Å²) in [6.07, 6.45) is 3.79. The van der Waals surface area contributed by atoms with Crippen molar-refractivity contribution in [2.75, 3.05) is 50.1 Å². The van der Waals surface area contributed by atoms with Crippen LogP contribution in [0, 0.1) is 6.92 Å². The molecule has 0 bridgehead atoms. The molecule has 3 aromatic heterocycles. The van der Waals surface area contributed by atoms with Crippen molar-refractivity contribution in [2.45, 2.75) is 53.0 Å². The number of imidazole rings is 1. The van der Waals surface area contributed by atoms with E-state index in [1.807, 2.05) is 19.1 Å². The molecule has 1 aliphatic rings. The number of morpholine rings is 1. The van der Waals surface area contributed by atoms with Crippen LogP contribution in [0.15, 0.2) is 18.4 Å². The number of aryl methyl sites for hydroxylation is 1. The predicted octanol–water partition coefficient (Wildman–Crippen LogP) is 4.80. The Morgan fingerprint density at radius 1 is 1.22 bits per heavy atom. The van der Waals surface area contributed by atoms with E-state index in [0.717, 1.165) is 54.8 Å². The molecule has 3 N–H and O–H groups in total. The number of rotatable bonds is 10. The van der Waals surface area contributed by atoms with Gasteiger partial charge in [0, 0.05) is 41.7 Å². The Kier molecular flexibility index (Phi) is 8.46. The highest BCUT2D eigenvalue weighted by Crippen LogP contribution is 2.27. The molecule has 3 aromatic rings. The number of fused-ring (bicyclic) bond motifs is 1. The summed E-state index contributed by atoms with van der Waals surface area (Å²) in [4.78, 5) is 25.4. The lowest BCUT2D eigenvalue weighted by Crippen LogP contribution is -2.38. The van der Waals surface area contributed by atoms with Gasteiger partial charge < -0.3 is 25.1 Å². The van der Waals surface area contributed by atoms with Crippen LogP contribution in [0.25, 0.3) is 17.2 Å². The number of H-pyrrole nitrogens is 1. The fourth-order valence-corrected chi connectivity index (χ4v) is 4.51. The summed E-state index contributed by atoms with van der Waals surface area (Å²) in [6.45, 7) is 21.6. The maximum Gasteiger partial charge on any atom is 0.274 e. The molecule has 0 aromatic carbocycles. The number of nitrogens with one attached hydrogen (secondary N) is 3. The zero-order valence-corrected chi connectivity index (χ0v) is 23.5. The molecule has 0 atom stereocenters. The van der Waals surface area contributed by atoms with Crippen LogP contribution in [-0.2, 0) is 4.74 Å². The van der Waals surface area contributed by atoms with Crippen LogP contribution in [0.5, 0.6) is 5.19 Å². The van der Waals surface area contributed by atoms with Gasteiger partial charge in [-0.2, -0.15) is 9.97 Å². The standard InChI is InChI=1S/C26H38N8O2S/c1-16(2)21-29-20-22(30-21)31-24(32-23(20)33-26(5,6)7)27-17(3)8-9-19-18(4)37-25(28-19)36-15-12-34-10-13-35-14-11-34/h8-9,16H,3,10-15H2,1-2,4-7H3,(H3,27,29,30,31,32,33)/b9-8+. The Labute approximate surface area is 222 Å². The summed E-state index contributed by atoms with van der Waals surface area (Å²) in [5.74, 6) is 2.25. The van der Waals surface area contributed by atoms with E-state index in [1.54, 1.807) is 11.3 Å². The Balaban J connectivity index is 1.41. The van der Waals surface area contributed by atoms with E-state index in [0.29, 0.717) is 34.9 Å². The lowest BCUT2D eigenvalue weighted by atomic mass is 10.1. The first-order valence-corrected chi connectivity index (χ1v) is 13.5. The number of anilines is 2. The predicted molar refractivity (Wildman–Crippen MR) is 151 cm³/mol. The molecule has 0 radical (unpaired) electrons. The number of aromatic amines is 1. The second kappa shape index (κ2) is 11.6. The Morgan fingerprint density at radius 2 is 1.97 bits per heavy atom. The molecule has 0 amide bonds. The van der Waals surface area contributed by atoms with Gasteiger partial charge in [0.25, 0.3) is 5.19 Å². The van der Waals surface area contributed by atoms with E-state index in [4.69, 9.17) is 14.5 Å². The van der Waals surface area contributed by atoms with Crippen LogP contribution in [0.4, 0.5) is 11.8 Å². The summed E-state index contributed by atoms with van der Waals surface area (Å²) in [6, 6.07) is 0. The number of ether oxygens (including phenoxy) is 2. The fourth-order valence-electron chi connectivity index (χ4n) is 3.74. The highest BCUT2D eigenvalue weighted by atomic mass is 32.1. The number of thiazole rings is 1. The summed E-state index contributed by atoms with van der Waals surface area (Å²) in [7, 11) is 0. The number of allylic oxidation sites excluding steroid dienone is 1. The average molecular weight is 527 g/mol. The maximum absolute atomic E-state index is 5.90. The third-order valence-corrected chi connectivity index (χ3v) is 6.57. The summed E-state index contributed by atoms with van der Waals surface area (Å²) in [5.41, 5.74) is 2.73. The van der Waals surface area contributed by atoms with E-state index >= 15 is 0 Å². The Bertz CT molecular complexity index is 1250. The fraction of sp³-hybridized carbons (Fsp3) is 0.538. The van der Waals surface area contributed by atoms with Crippen molar-refractivity contribution in [2.24, 2.45) is 0 Å². The van der Waals surface area contributed by atoms with Crippen LogP contribution in [0.3, 0.4) is 0 Å². The molecule has 200 valence electrons. The number of hydrogen-bond acceptors (Lipinski definition) is 10. The number of nitrogens with zero attached hydrogens (tertiary/aromatic N) is 5. The van der Waals surface area contributed by atoms with Crippen LogP contribution in [0.2, 0.25) is 0 Å². The minimum atomic E-state index is -0.178. The molecule has 4 rings (SSSR count). The largest absolute Gasteiger partial charge is 0.469 e. The van der Waals surface area contributed by atoms with Gasteiger partial charge in [-0.1, -0.05) is 31.8 Å². The van der Waals surface area contributed by atoms with Crippen molar-refractivity contribution in [1.29, 1.82) is 0 Å². The van der Waals surface area contributed by atoms with Gasteiger partial charge in [0.2, 0.25) is 5.95 Å². The summed E-state index contributed by atoms with van der Waals surface area (Å²) < 4.78 is 11.3. The molecule has 11 heteroatoms. The zero-order valence-electron chi connectivity index (χ0n) is 22.6. The van der Waals surface area contributed by atoms with Crippen molar-refractivity contribution < 1.29 is 9.47 Å². The minimum Gasteiger partial charge on any atom is -0.469 e. The third-order valence-electron chi connectivity index (χ3n) is 5.67. The highest BCUT2D eigenvalue weighted by molar-refractivity contribution is 7.13. The second-order valence-corrected chi connectivity index (χ2v) is 11.6. The molecule has 1 saturated heterocycles. The minimum absolute atomic E-state index is 0.178. The van der Waals surface area contributed by atoms with Crippen molar-refractivity contribution in [3.63, 3.8) is 0 Å². The average Bonchev–Trinajstić information content (AvgIpc) is 3.41. The van der Waals surface area contributed by atoms with E-state index < -0.39 is 0 Å².